The molecule has 0 saturated carbocycles. The Morgan fingerprint density at radius 3 is 2.44 bits per heavy atom. The summed E-state index contributed by atoms with van der Waals surface area (Å²) in [6, 6.07) is 0.147. The average molecular weight is 346 g/mol. The molecule has 1 aliphatic heterocycles. The molecule has 3 heterocycles. The lowest BCUT2D eigenvalue weighted by Crippen LogP contribution is -2.46. The van der Waals surface area contributed by atoms with Gasteiger partial charge in [0.1, 0.15) is 6.04 Å². The molecule has 0 amide bonds. The van der Waals surface area contributed by atoms with Crippen LogP contribution >= 0.6 is 0 Å². The van der Waals surface area contributed by atoms with Gasteiger partial charge in [-0.05, 0) is 48.6 Å². The zero-order valence-electron chi connectivity index (χ0n) is 16.5. The van der Waals surface area contributed by atoms with E-state index < -0.39 is 0 Å². The first kappa shape index (κ1) is 18.1. The molecule has 0 bridgehead atoms. The summed E-state index contributed by atoms with van der Waals surface area (Å²) < 4.78 is 7.57. The van der Waals surface area contributed by atoms with Crippen molar-refractivity contribution in [3.05, 3.63) is 28.7 Å². The number of nitrogens with zero attached hydrogens (tertiary/aromatic N) is 6. The Bertz CT molecular complexity index is 741. The molecule has 0 radical (unpaired) electrons. The van der Waals surface area contributed by atoms with Crippen LogP contribution in [0.4, 0.5) is 0 Å². The lowest BCUT2D eigenvalue weighted by molar-refractivity contribution is 0.0712. The van der Waals surface area contributed by atoms with Gasteiger partial charge < -0.3 is 4.52 Å². The minimum Gasteiger partial charge on any atom is -0.338 e. The molecule has 138 valence electrons. The number of aromatic nitrogens is 4. The zero-order valence-corrected chi connectivity index (χ0v) is 16.5. The second kappa shape index (κ2) is 6.53. The summed E-state index contributed by atoms with van der Waals surface area (Å²) in [4.78, 5) is 9.20. The van der Waals surface area contributed by atoms with Crippen LogP contribution in [-0.4, -0.2) is 56.4 Å². The Labute approximate surface area is 150 Å². The molecule has 7 heteroatoms. The monoisotopic (exact) mass is 346 g/mol. The second-order valence-electron chi connectivity index (χ2n) is 8.14. The molecular formula is C18H30N6O. The van der Waals surface area contributed by atoms with E-state index in [9.17, 15) is 0 Å². The fourth-order valence-electron chi connectivity index (χ4n) is 3.57. The Kier molecular flexibility index (Phi) is 4.72. The van der Waals surface area contributed by atoms with E-state index in [-0.39, 0.29) is 11.6 Å². The number of aryl methyl sites for hydroxylation is 2. The molecule has 0 spiro atoms. The van der Waals surface area contributed by atoms with Gasteiger partial charge in [-0.2, -0.15) is 10.1 Å². The van der Waals surface area contributed by atoms with Gasteiger partial charge in [0, 0.05) is 37.4 Å². The van der Waals surface area contributed by atoms with Gasteiger partial charge in [0.2, 0.25) is 5.89 Å². The van der Waals surface area contributed by atoms with E-state index in [2.05, 4.69) is 66.3 Å². The number of rotatable bonds is 3. The van der Waals surface area contributed by atoms with Crippen molar-refractivity contribution in [3.8, 4) is 0 Å². The first-order valence-corrected chi connectivity index (χ1v) is 8.95. The van der Waals surface area contributed by atoms with Gasteiger partial charge >= 0.3 is 0 Å². The first-order valence-electron chi connectivity index (χ1n) is 8.95. The predicted octanol–water partition coefficient (Wildman–Crippen LogP) is 2.44. The summed E-state index contributed by atoms with van der Waals surface area (Å²) in [5.41, 5.74) is 3.71. The smallest absolute Gasteiger partial charge is 0.245 e. The fraction of sp³-hybridized carbons (Fsp3) is 0.722. The Hall–Kier alpha value is -1.73. The molecule has 0 N–H and O–H groups in total. The van der Waals surface area contributed by atoms with E-state index in [0.29, 0.717) is 11.7 Å². The van der Waals surface area contributed by atoms with Crippen molar-refractivity contribution in [1.29, 1.82) is 0 Å². The molecule has 0 aromatic carbocycles. The van der Waals surface area contributed by atoms with Crippen LogP contribution in [0.3, 0.4) is 0 Å². The van der Waals surface area contributed by atoms with Crippen LogP contribution in [0.25, 0.3) is 0 Å². The highest BCUT2D eigenvalue weighted by Crippen LogP contribution is 2.26. The third kappa shape index (κ3) is 3.62. The minimum absolute atomic E-state index is 0.000963. The average Bonchev–Trinajstić information content (AvgIpc) is 3.07. The highest BCUT2D eigenvalue weighted by Gasteiger charge is 2.31. The van der Waals surface area contributed by atoms with Gasteiger partial charge in [-0.25, -0.2) is 0 Å². The summed E-state index contributed by atoms with van der Waals surface area (Å²) >= 11 is 0. The Morgan fingerprint density at radius 2 is 1.88 bits per heavy atom. The first-order chi connectivity index (χ1) is 11.7. The van der Waals surface area contributed by atoms with Gasteiger partial charge in [-0.1, -0.05) is 5.16 Å². The summed E-state index contributed by atoms with van der Waals surface area (Å²) in [7, 11) is 2.12. The molecule has 2 aromatic heterocycles. The van der Waals surface area contributed by atoms with Crippen molar-refractivity contribution >= 4 is 0 Å². The zero-order chi connectivity index (χ0) is 18.4. The summed E-state index contributed by atoms with van der Waals surface area (Å²) in [6.45, 7) is 16.5. The largest absolute Gasteiger partial charge is 0.338 e. The topological polar surface area (TPSA) is 63.2 Å². The van der Waals surface area contributed by atoms with Crippen LogP contribution in [0.2, 0.25) is 0 Å². The maximum atomic E-state index is 5.42. The molecular weight excluding hydrogens is 316 g/mol. The second-order valence-corrected chi connectivity index (χ2v) is 8.14. The van der Waals surface area contributed by atoms with Crippen LogP contribution in [0, 0.1) is 20.8 Å². The van der Waals surface area contributed by atoms with E-state index in [1.54, 1.807) is 0 Å². The maximum absolute atomic E-state index is 5.42. The highest BCUT2D eigenvalue weighted by atomic mass is 16.5. The molecule has 1 fully saturated rings. The SMILES string of the molecule is Cc1noc([C@H]2CN(Cc3c(C)nn(C(C)(C)C)c3C)CCN2C)n1. The van der Waals surface area contributed by atoms with E-state index in [4.69, 9.17) is 9.62 Å². The number of likely N-dealkylation sites (N-methyl/N-ethyl adjacent to an activating group) is 1. The van der Waals surface area contributed by atoms with E-state index in [1.807, 2.05) is 6.92 Å². The van der Waals surface area contributed by atoms with Crippen molar-refractivity contribution in [3.63, 3.8) is 0 Å². The van der Waals surface area contributed by atoms with E-state index in [0.717, 1.165) is 31.9 Å². The predicted molar refractivity (Wildman–Crippen MR) is 96.4 cm³/mol. The van der Waals surface area contributed by atoms with E-state index >= 15 is 0 Å². The van der Waals surface area contributed by atoms with Gasteiger partial charge in [-0.15, -0.1) is 0 Å². The molecule has 2 aromatic rings. The Morgan fingerprint density at radius 1 is 1.16 bits per heavy atom. The number of piperazine rings is 1. The van der Waals surface area contributed by atoms with Gasteiger partial charge in [-0.3, -0.25) is 14.5 Å². The third-order valence-corrected chi connectivity index (χ3v) is 5.02. The number of hydrogen-bond acceptors (Lipinski definition) is 6. The van der Waals surface area contributed by atoms with Crippen LogP contribution in [0.15, 0.2) is 4.52 Å². The molecule has 1 aliphatic rings. The summed E-state index contributed by atoms with van der Waals surface area (Å²) in [5, 5.41) is 8.73. The van der Waals surface area contributed by atoms with Crippen molar-refractivity contribution in [2.75, 3.05) is 26.7 Å². The summed E-state index contributed by atoms with van der Waals surface area (Å²) in [5.74, 6) is 1.40. The van der Waals surface area contributed by atoms with Crippen molar-refractivity contribution in [2.45, 2.75) is 59.7 Å². The Balaban J connectivity index is 1.79. The van der Waals surface area contributed by atoms with Gasteiger partial charge in [0.15, 0.2) is 5.82 Å². The molecule has 25 heavy (non-hydrogen) atoms. The quantitative estimate of drug-likeness (QED) is 0.850. The fourth-order valence-corrected chi connectivity index (χ4v) is 3.57. The van der Waals surface area contributed by atoms with Crippen LogP contribution in [0.1, 0.15) is 55.5 Å². The molecule has 3 rings (SSSR count). The molecule has 7 nitrogen and oxygen atoms in total. The molecule has 0 unspecified atom stereocenters. The van der Waals surface area contributed by atoms with Gasteiger partial charge in [0.05, 0.1) is 11.2 Å². The molecule has 1 saturated heterocycles. The third-order valence-electron chi connectivity index (χ3n) is 5.02. The standard InChI is InChI=1S/C18H30N6O/c1-12-15(13(2)24(20-12)18(4,5)6)10-23-9-8-22(7)16(11-23)17-19-14(3)21-25-17/h16H,8-11H2,1-7H3/t16-/m1/s1. The molecule has 1 atom stereocenters. The van der Waals surface area contributed by atoms with Crippen LogP contribution in [-0.2, 0) is 12.1 Å². The normalized spacial score (nSPS) is 20.4. The van der Waals surface area contributed by atoms with Crippen LogP contribution < -0.4 is 0 Å². The van der Waals surface area contributed by atoms with E-state index in [1.165, 1.54) is 11.3 Å². The number of hydrogen-bond donors (Lipinski definition) is 0. The van der Waals surface area contributed by atoms with Gasteiger partial charge in [0.25, 0.3) is 0 Å². The molecule has 0 aliphatic carbocycles. The summed E-state index contributed by atoms with van der Waals surface area (Å²) in [6.07, 6.45) is 0. The van der Waals surface area contributed by atoms with Crippen molar-refractivity contribution in [1.82, 2.24) is 29.7 Å². The van der Waals surface area contributed by atoms with Crippen molar-refractivity contribution < 1.29 is 4.52 Å². The van der Waals surface area contributed by atoms with Crippen LogP contribution in [0.5, 0.6) is 0 Å². The highest BCUT2D eigenvalue weighted by molar-refractivity contribution is 5.25. The minimum atomic E-state index is -0.000963. The lowest BCUT2D eigenvalue weighted by Gasteiger charge is -2.37. The van der Waals surface area contributed by atoms with Crippen molar-refractivity contribution in [2.24, 2.45) is 0 Å². The lowest BCUT2D eigenvalue weighted by atomic mass is 10.1. The maximum Gasteiger partial charge on any atom is 0.245 e.